The number of carbonyl (C=O) groups excluding carboxylic acids is 2. The predicted molar refractivity (Wildman–Crippen MR) is 109 cm³/mol. The molecule has 1 aliphatic heterocycles. The van der Waals surface area contributed by atoms with E-state index < -0.39 is 0 Å². The molecule has 0 spiro atoms. The van der Waals surface area contributed by atoms with Crippen LogP contribution in [0.4, 0.5) is 0 Å². The van der Waals surface area contributed by atoms with Gasteiger partial charge in [0.1, 0.15) is 18.1 Å². The Morgan fingerprint density at radius 1 is 1.20 bits per heavy atom. The van der Waals surface area contributed by atoms with E-state index in [2.05, 4.69) is 15.6 Å². The maximum Gasteiger partial charge on any atom is 0.269 e. The number of pyridine rings is 1. The Kier molecular flexibility index (Phi) is 5.96. The van der Waals surface area contributed by atoms with Gasteiger partial charge in [0.05, 0.1) is 19.8 Å². The summed E-state index contributed by atoms with van der Waals surface area (Å²) in [7, 11) is 1.53. The number of hydrogen-bond acceptors (Lipinski definition) is 6. The fourth-order valence-electron chi connectivity index (χ4n) is 3.86. The molecule has 0 unspecified atom stereocenters. The summed E-state index contributed by atoms with van der Waals surface area (Å²) in [5, 5.41) is 14.5. The lowest BCUT2D eigenvalue weighted by molar-refractivity contribution is 0.0928. The van der Waals surface area contributed by atoms with Crippen LogP contribution in [0.3, 0.4) is 0 Å². The summed E-state index contributed by atoms with van der Waals surface area (Å²) in [6.45, 7) is 1.53. The van der Waals surface area contributed by atoms with Crippen LogP contribution in [0.2, 0.25) is 0 Å². The minimum Gasteiger partial charge on any atom is -0.491 e. The molecule has 8 heteroatoms. The van der Waals surface area contributed by atoms with Crippen molar-refractivity contribution in [2.75, 3.05) is 33.5 Å². The summed E-state index contributed by atoms with van der Waals surface area (Å²) in [6, 6.07) is 10.8. The first kappa shape index (κ1) is 20.3. The Balaban J connectivity index is 1.54. The van der Waals surface area contributed by atoms with Crippen molar-refractivity contribution in [2.24, 2.45) is 11.8 Å². The topological polar surface area (TPSA) is 110 Å². The van der Waals surface area contributed by atoms with Crippen LogP contribution < -0.4 is 15.4 Å². The molecule has 30 heavy (non-hydrogen) atoms. The zero-order chi connectivity index (χ0) is 21.1. The van der Waals surface area contributed by atoms with Gasteiger partial charge in [-0.3, -0.25) is 9.59 Å². The van der Waals surface area contributed by atoms with E-state index in [0.29, 0.717) is 48.5 Å². The van der Waals surface area contributed by atoms with E-state index in [1.54, 1.807) is 6.07 Å². The van der Waals surface area contributed by atoms with Gasteiger partial charge in [0, 0.05) is 42.6 Å². The van der Waals surface area contributed by atoms with E-state index in [-0.39, 0.29) is 36.8 Å². The summed E-state index contributed by atoms with van der Waals surface area (Å²) in [6.07, 6.45) is 0.434. The number of nitrogens with one attached hydrogen (secondary N) is 2. The van der Waals surface area contributed by atoms with Gasteiger partial charge in [-0.2, -0.15) is 0 Å². The highest BCUT2D eigenvalue weighted by atomic mass is 16.5. The number of benzene rings is 1. The molecule has 2 aliphatic rings. The van der Waals surface area contributed by atoms with Crippen LogP contribution in [0.15, 0.2) is 36.4 Å². The second kappa shape index (κ2) is 8.81. The molecule has 1 aromatic heterocycles. The minimum atomic E-state index is -0.345. The number of aromatic nitrogens is 1. The van der Waals surface area contributed by atoms with Crippen molar-refractivity contribution in [1.29, 1.82) is 0 Å². The minimum absolute atomic E-state index is 0.0622. The van der Waals surface area contributed by atoms with Gasteiger partial charge in [-0.05, 0) is 29.8 Å². The molecule has 158 valence electrons. The molecule has 2 amide bonds. The molecule has 2 fully saturated rings. The number of hydrogen-bond donors (Lipinski definition) is 3. The van der Waals surface area contributed by atoms with Crippen LogP contribution in [0.25, 0.3) is 0 Å². The molecular weight excluding hydrogens is 386 g/mol. The van der Waals surface area contributed by atoms with Crippen LogP contribution in [0.1, 0.15) is 32.1 Å². The largest absolute Gasteiger partial charge is 0.491 e. The zero-order valence-corrected chi connectivity index (χ0v) is 16.8. The molecule has 2 heterocycles. The van der Waals surface area contributed by atoms with Crippen LogP contribution in [-0.2, 0) is 11.2 Å². The lowest BCUT2D eigenvalue weighted by atomic mass is 10.1. The Hall–Kier alpha value is -2.97. The van der Waals surface area contributed by atoms with Gasteiger partial charge in [0.2, 0.25) is 0 Å². The Morgan fingerprint density at radius 3 is 2.73 bits per heavy atom. The lowest BCUT2D eigenvalue weighted by Gasteiger charge is -2.11. The van der Waals surface area contributed by atoms with Crippen molar-refractivity contribution < 1.29 is 24.2 Å². The van der Waals surface area contributed by atoms with E-state index >= 15 is 0 Å². The van der Waals surface area contributed by atoms with E-state index in [1.807, 2.05) is 24.3 Å². The fraction of sp³-hybridized carbons (Fsp3) is 0.409. The van der Waals surface area contributed by atoms with Crippen molar-refractivity contribution >= 4 is 11.8 Å². The summed E-state index contributed by atoms with van der Waals surface area (Å²) >= 11 is 0. The highest BCUT2D eigenvalue weighted by molar-refractivity contribution is 5.98. The standard InChI is InChI=1S/C22H25N3O5/c1-23-22(28)19-10-14(21(27)25-20-17-11-29-12-18(17)20)9-15(24-19)7-13-3-2-4-16(8-13)30-6-5-26/h2-4,8-10,17-18,20,26H,5-7,11-12H2,1H3,(H,23,28)(H,25,27)/t17-,18+,20+. The number of rotatable bonds is 8. The van der Waals surface area contributed by atoms with E-state index in [9.17, 15) is 9.59 Å². The van der Waals surface area contributed by atoms with Gasteiger partial charge < -0.3 is 25.2 Å². The number of nitrogens with zero attached hydrogens (tertiary/aromatic N) is 1. The average molecular weight is 411 g/mol. The predicted octanol–water partition coefficient (Wildman–Crippen LogP) is 0.778. The Morgan fingerprint density at radius 2 is 2.00 bits per heavy atom. The molecule has 1 aliphatic carbocycles. The third-order valence-corrected chi connectivity index (χ3v) is 5.49. The molecule has 3 N–H and O–H groups in total. The highest BCUT2D eigenvalue weighted by Gasteiger charge is 2.54. The SMILES string of the molecule is CNC(=O)c1cc(C(=O)N[C@H]2[C@@H]3COC[C@@H]32)cc(Cc2cccc(OCCO)c2)n1. The molecule has 1 saturated carbocycles. The maximum atomic E-state index is 12.8. The van der Waals surface area contributed by atoms with Crippen LogP contribution in [0.5, 0.6) is 5.75 Å². The van der Waals surface area contributed by atoms with Crippen molar-refractivity contribution in [3.05, 3.63) is 58.9 Å². The fourth-order valence-corrected chi connectivity index (χ4v) is 3.86. The number of aliphatic hydroxyl groups is 1. The summed E-state index contributed by atoms with van der Waals surface area (Å²) in [4.78, 5) is 29.4. The Labute approximate surface area is 174 Å². The molecule has 0 bridgehead atoms. The van der Waals surface area contributed by atoms with E-state index in [4.69, 9.17) is 14.6 Å². The third-order valence-electron chi connectivity index (χ3n) is 5.49. The molecule has 1 aromatic carbocycles. The quantitative estimate of drug-likeness (QED) is 0.592. The number of amides is 2. The van der Waals surface area contributed by atoms with Crippen LogP contribution in [-0.4, -0.2) is 61.4 Å². The third kappa shape index (κ3) is 4.44. The van der Waals surface area contributed by atoms with E-state index in [0.717, 1.165) is 5.56 Å². The molecule has 8 nitrogen and oxygen atoms in total. The lowest BCUT2D eigenvalue weighted by Crippen LogP contribution is -2.30. The molecule has 2 aromatic rings. The van der Waals surface area contributed by atoms with Crippen LogP contribution in [0, 0.1) is 11.8 Å². The zero-order valence-electron chi connectivity index (χ0n) is 16.8. The number of carbonyl (C=O) groups is 2. The average Bonchev–Trinajstić information content (AvgIpc) is 3.17. The second-order valence-corrected chi connectivity index (χ2v) is 7.57. The van der Waals surface area contributed by atoms with Crippen molar-refractivity contribution in [1.82, 2.24) is 15.6 Å². The first-order chi connectivity index (χ1) is 14.6. The maximum absolute atomic E-state index is 12.8. The van der Waals surface area contributed by atoms with Crippen molar-refractivity contribution in [3.63, 3.8) is 0 Å². The highest BCUT2D eigenvalue weighted by Crippen LogP contribution is 2.44. The second-order valence-electron chi connectivity index (χ2n) is 7.57. The first-order valence-corrected chi connectivity index (χ1v) is 10.0. The van der Waals surface area contributed by atoms with Gasteiger partial charge in [-0.1, -0.05) is 12.1 Å². The van der Waals surface area contributed by atoms with Gasteiger partial charge in [-0.25, -0.2) is 4.98 Å². The molecule has 3 atom stereocenters. The molecule has 4 rings (SSSR count). The molecule has 0 radical (unpaired) electrons. The van der Waals surface area contributed by atoms with Crippen molar-refractivity contribution in [2.45, 2.75) is 12.5 Å². The Bertz CT molecular complexity index is 938. The van der Waals surface area contributed by atoms with Gasteiger partial charge in [-0.15, -0.1) is 0 Å². The number of aliphatic hydroxyl groups excluding tert-OH is 1. The summed E-state index contributed by atoms with van der Waals surface area (Å²) in [5.41, 5.74) is 2.15. The summed E-state index contributed by atoms with van der Waals surface area (Å²) in [5.74, 6) is 0.890. The van der Waals surface area contributed by atoms with Gasteiger partial charge in [0.15, 0.2) is 0 Å². The number of fused-ring (bicyclic) bond motifs is 1. The molecule has 1 saturated heterocycles. The molecular formula is C22H25N3O5. The van der Waals surface area contributed by atoms with Gasteiger partial charge >= 0.3 is 0 Å². The summed E-state index contributed by atoms with van der Waals surface area (Å²) < 4.78 is 10.8. The van der Waals surface area contributed by atoms with Crippen LogP contribution >= 0.6 is 0 Å². The number of ether oxygens (including phenoxy) is 2. The van der Waals surface area contributed by atoms with E-state index in [1.165, 1.54) is 13.1 Å². The monoisotopic (exact) mass is 411 g/mol. The first-order valence-electron chi connectivity index (χ1n) is 10.0. The van der Waals surface area contributed by atoms with Gasteiger partial charge in [0.25, 0.3) is 11.8 Å². The normalized spacial score (nSPS) is 21.6. The smallest absolute Gasteiger partial charge is 0.269 e. The van der Waals surface area contributed by atoms with Crippen molar-refractivity contribution in [3.8, 4) is 5.75 Å².